The van der Waals surface area contributed by atoms with Crippen molar-refractivity contribution >= 4 is 28.2 Å². The van der Waals surface area contributed by atoms with E-state index in [1.807, 2.05) is 45.0 Å². The first-order chi connectivity index (χ1) is 10.4. The van der Waals surface area contributed by atoms with E-state index in [0.29, 0.717) is 17.0 Å². The van der Waals surface area contributed by atoms with Gasteiger partial charge in [0.05, 0.1) is 12.0 Å². The zero-order valence-electron chi connectivity index (χ0n) is 13.0. The monoisotopic (exact) mass is 316 g/mol. The Morgan fingerprint density at radius 1 is 1.23 bits per heavy atom. The second kappa shape index (κ2) is 6.75. The zero-order valence-corrected chi connectivity index (χ0v) is 13.8. The number of nitrogens with one attached hydrogen (secondary N) is 1. The molecule has 0 radical (unpaired) electrons. The number of aryl methyl sites for hydroxylation is 2. The van der Waals surface area contributed by atoms with Gasteiger partial charge in [-0.3, -0.25) is 9.59 Å². The molecule has 0 saturated carbocycles. The highest BCUT2D eigenvalue weighted by Crippen LogP contribution is 2.33. The maximum absolute atomic E-state index is 12.3. The van der Waals surface area contributed by atoms with E-state index in [4.69, 9.17) is 5.73 Å². The predicted octanol–water partition coefficient (Wildman–Crippen LogP) is 3.21. The molecule has 0 unspecified atom stereocenters. The minimum absolute atomic E-state index is 0.138. The summed E-state index contributed by atoms with van der Waals surface area (Å²) in [6.45, 7) is 5.88. The van der Waals surface area contributed by atoms with Crippen molar-refractivity contribution in [1.29, 1.82) is 0 Å². The Labute approximate surface area is 134 Å². The van der Waals surface area contributed by atoms with Gasteiger partial charge in [-0.1, -0.05) is 31.2 Å². The van der Waals surface area contributed by atoms with Gasteiger partial charge < -0.3 is 11.1 Å². The minimum atomic E-state index is -0.493. The fourth-order valence-corrected chi connectivity index (χ4v) is 3.67. The van der Waals surface area contributed by atoms with E-state index >= 15 is 0 Å². The van der Waals surface area contributed by atoms with Gasteiger partial charge in [0, 0.05) is 4.88 Å². The largest absolute Gasteiger partial charge is 0.365 e. The highest BCUT2D eigenvalue weighted by atomic mass is 32.1. The van der Waals surface area contributed by atoms with E-state index in [-0.39, 0.29) is 12.3 Å². The number of rotatable bonds is 5. The topological polar surface area (TPSA) is 72.2 Å². The third-order valence-electron chi connectivity index (χ3n) is 3.67. The van der Waals surface area contributed by atoms with Crippen molar-refractivity contribution in [2.45, 2.75) is 33.6 Å². The molecule has 1 aromatic carbocycles. The van der Waals surface area contributed by atoms with Gasteiger partial charge in [0.2, 0.25) is 5.91 Å². The van der Waals surface area contributed by atoms with Crippen LogP contribution in [-0.4, -0.2) is 11.8 Å². The molecule has 3 N–H and O–H groups in total. The number of hydrogen-bond donors (Lipinski definition) is 2. The van der Waals surface area contributed by atoms with Gasteiger partial charge in [-0.2, -0.15) is 0 Å². The van der Waals surface area contributed by atoms with E-state index in [1.54, 1.807) is 0 Å². The first-order valence-electron chi connectivity index (χ1n) is 7.20. The molecule has 116 valence electrons. The third kappa shape index (κ3) is 3.36. The standard InChI is InChI=1S/C17H20N2O2S/c1-4-13-11(3)22-17(15(13)16(18)21)19-14(20)9-12-8-6-5-7-10(12)2/h5-8H,4,9H2,1-3H3,(H2,18,21)(H,19,20). The van der Waals surface area contributed by atoms with Crippen molar-refractivity contribution in [1.82, 2.24) is 0 Å². The molecule has 4 nitrogen and oxygen atoms in total. The summed E-state index contributed by atoms with van der Waals surface area (Å²) in [5.74, 6) is -0.631. The number of benzene rings is 1. The molecular weight excluding hydrogens is 296 g/mol. The quantitative estimate of drug-likeness (QED) is 0.889. The van der Waals surface area contributed by atoms with Crippen molar-refractivity contribution in [3.63, 3.8) is 0 Å². The van der Waals surface area contributed by atoms with E-state index in [0.717, 1.165) is 21.6 Å². The van der Waals surface area contributed by atoms with Crippen LogP contribution in [-0.2, 0) is 17.6 Å². The van der Waals surface area contributed by atoms with Crippen LogP contribution in [0.1, 0.15) is 38.8 Å². The molecule has 0 bridgehead atoms. The Morgan fingerprint density at radius 3 is 2.50 bits per heavy atom. The van der Waals surface area contributed by atoms with E-state index in [9.17, 15) is 9.59 Å². The van der Waals surface area contributed by atoms with Gasteiger partial charge in [-0.15, -0.1) is 11.3 Å². The summed E-state index contributed by atoms with van der Waals surface area (Å²) in [4.78, 5) is 25.0. The van der Waals surface area contributed by atoms with E-state index in [1.165, 1.54) is 11.3 Å². The second-order valence-corrected chi connectivity index (χ2v) is 6.43. The molecule has 2 amide bonds. The number of carbonyl (C=O) groups excluding carboxylic acids is 2. The lowest BCUT2D eigenvalue weighted by molar-refractivity contribution is -0.115. The van der Waals surface area contributed by atoms with Crippen molar-refractivity contribution in [2.24, 2.45) is 5.73 Å². The van der Waals surface area contributed by atoms with Gasteiger partial charge >= 0.3 is 0 Å². The first-order valence-corrected chi connectivity index (χ1v) is 8.02. The van der Waals surface area contributed by atoms with Crippen LogP contribution in [0, 0.1) is 13.8 Å². The van der Waals surface area contributed by atoms with Crippen LogP contribution in [0.15, 0.2) is 24.3 Å². The Balaban J connectivity index is 2.22. The van der Waals surface area contributed by atoms with Crippen molar-refractivity contribution in [2.75, 3.05) is 5.32 Å². The van der Waals surface area contributed by atoms with E-state index < -0.39 is 5.91 Å². The van der Waals surface area contributed by atoms with Gasteiger partial charge in [0.25, 0.3) is 5.91 Å². The Hall–Kier alpha value is -2.14. The molecule has 2 aromatic rings. The number of amides is 2. The number of thiophene rings is 1. The average molecular weight is 316 g/mol. The van der Waals surface area contributed by atoms with Crippen LogP contribution >= 0.6 is 11.3 Å². The van der Waals surface area contributed by atoms with Crippen LogP contribution in [0.4, 0.5) is 5.00 Å². The number of nitrogens with two attached hydrogens (primary N) is 1. The summed E-state index contributed by atoms with van der Waals surface area (Å²) >= 11 is 1.40. The summed E-state index contributed by atoms with van der Waals surface area (Å²) in [5.41, 5.74) is 8.89. The first kappa shape index (κ1) is 16.2. The number of anilines is 1. The van der Waals surface area contributed by atoms with Crippen LogP contribution in [0.3, 0.4) is 0 Å². The number of carbonyl (C=O) groups is 2. The van der Waals surface area contributed by atoms with Gasteiger partial charge in [0.15, 0.2) is 0 Å². The van der Waals surface area contributed by atoms with E-state index in [2.05, 4.69) is 5.32 Å². The minimum Gasteiger partial charge on any atom is -0.365 e. The highest BCUT2D eigenvalue weighted by molar-refractivity contribution is 7.16. The highest BCUT2D eigenvalue weighted by Gasteiger charge is 2.20. The third-order valence-corrected chi connectivity index (χ3v) is 4.74. The lowest BCUT2D eigenvalue weighted by Gasteiger charge is -2.07. The summed E-state index contributed by atoms with van der Waals surface area (Å²) in [5, 5.41) is 3.40. The summed E-state index contributed by atoms with van der Waals surface area (Å²) in [6, 6.07) is 7.76. The fraction of sp³-hybridized carbons (Fsp3) is 0.294. The molecule has 22 heavy (non-hydrogen) atoms. The van der Waals surface area contributed by atoms with Crippen molar-refractivity contribution in [3.8, 4) is 0 Å². The number of primary amides is 1. The molecule has 1 heterocycles. The molecule has 0 aliphatic rings. The molecule has 0 atom stereocenters. The Bertz CT molecular complexity index is 719. The fourth-order valence-electron chi connectivity index (χ4n) is 2.51. The Kier molecular flexibility index (Phi) is 4.98. The summed E-state index contributed by atoms with van der Waals surface area (Å²) < 4.78 is 0. The lowest BCUT2D eigenvalue weighted by atomic mass is 10.1. The van der Waals surface area contributed by atoms with Crippen LogP contribution < -0.4 is 11.1 Å². The molecule has 5 heteroatoms. The molecule has 0 aliphatic heterocycles. The molecule has 0 saturated heterocycles. The molecule has 2 rings (SSSR count). The molecular formula is C17H20N2O2S. The van der Waals surface area contributed by atoms with Gasteiger partial charge in [0.1, 0.15) is 5.00 Å². The van der Waals surface area contributed by atoms with Crippen molar-refractivity contribution < 1.29 is 9.59 Å². The van der Waals surface area contributed by atoms with Crippen LogP contribution in [0.5, 0.6) is 0 Å². The van der Waals surface area contributed by atoms with Crippen molar-refractivity contribution in [3.05, 3.63) is 51.4 Å². The zero-order chi connectivity index (χ0) is 16.3. The second-order valence-electron chi connectivity index (χ2n) is 5.21. The SMILES string of the molecule is CCc1c(C)sc(NC(=O)Cc2ccccc2C)c1C(N)=O. The average Bonchev–Trinajstić information content (AvgIpc) is 2.76. The van der Waals surface area contributed by atoms with Gasteiger partial charge in [-0.25, -0.2) is 0 Å². The van der Waals surface area contributed by atoms with Crippen LogP contribution in [0.25, 0.3) is 0 Å². The molecule has 0 spiro atoms. The maximum Gasteiger partial charge on any atom is 0.251 e. The van der Waals surface area contributed by atoms with Crippen LogP contribution in [0.2, 0.25) is 0 Å². The predicted molar refractivity (Wildman–Crippen MR) is 90.5 cm³/mol. The summed E-state index contributed by atoms with van der Waals surface area (Å²) in [6.07, 6.45) is 0.998. The molecule has 1 aromatic heterocycles. The normalized spacial score (nSPS) is 10.5. The van der Waals surface area contributed by atoms with Gasteiger partial charge in [-0.05, 0) is 37.0 Å². The molecule has 0 aliphatic carbocycles. The number of hydrogen-bond acceptors (Lipinski definition) is 3. The Morgan fingerprint density at radius 2 is 1.91 bits per heavy atom. The molecule has 0 fully saturated rings. The maximum atomic E-state index is 12.3. The summed E-state index contributed by atoms with van der Waals surface area (Å²) in [7, 11) is 0. The smallest absolute Gasteiger partial charge is 0.251 e. The lowest BCUT2D eigenvalue weighted by Crippen LogP contribution is -2.19.